The lowest BCUT2D eigenvalue weighted by Crippen LogP contribution is -2.38. The highest BCUT2D eigenvalue weighted by Crippen LogP contribution is 2.12. The maximum Gasteiger partial charge on any atom is 0.269 e. The van der Waals surface area contributed by atoms with E-state index >= 15 is 0 Å². The molecule has 0 spiro atoms. The zero-order chi connectivity index (χ0) is 17.5. The molecule has 0 heterocycles. The lowest BCUT2D eigenvalue weighted by molar-refractivity contribution is -0.384. The maximum absolute atomic E-state index is 13.2. The highest BCUT2D eigenvalue weighted by atomic mass is 127. The van der Waals surface area contributed by atoms with Gasteiger partial charge in [-0.15, -0.1) is 24.0 Å². The number of nitro groups is 1. The Balaban J connectivity index is 0.00000312. The Labute approximate surface area is 162 Å². The van der Waals surface area contributed by atoms with Crippen molar-refractivity contribution in [1.29, 1.82) is 0 Å². The van der Waals surface area contributed by atoms with E-state index in [1.165, 1.54) is 24.3 Å². The molecule has 0 radical (unpaired) electrons. The third-order valence-corrected chi connectivity index (χ3v) is 3.48. The van der Waals surface area contributed by atoms with Crippen LogP contribution in [0.3, 0.4) is 0 Å². The summed E-state index contributed by atoms with van der Waals surface area (Å²) in [5.74, 6) is 0.382. The summed E-state index contributed by atoms with van der Waals surface area (Å²) in [7, 11) is 3.52. The van der Waals surface area contributed by atoms with Gasteiger partial charge in [-0.3, -0.25) is 15.1 Å². The highest BCUT2D eigenvalue weighted by Gasteiger charge is 2.08. The van der Waals surface area contributed by atoms with Gasteiger partial charge < -0.3 is 10.2 Å². The first-order valence-corrected chi connectivity index (χ1v) is 7.39. The maximum atomic E-state index is 13.2. The van der Waals surface area contributed by atoms with Crippen molar-refractivity contribution in [2.45, 2.75) is 13.1 Å². The first-order chi connectivity index (χ1) is 11.5. The molecule has 0 aliphatic carbocycles. The summed E-state index contributed by atoms with van der Waals surface area (Å²) >= 11 is 0. The number of non-ortho nitro benzene ring substituents is 1. The van der Waals surface area contributed by atoms with Crippen molar-refractivity contribution in [3.8, 4) is 0 Å². The van der Waals surface area contributed by atoms with Gasteiger partial charge in [-0.25, -0.2) is 4.39 Å². The molecule has 0 fully saturated rings. The van der Waals surface area contributed by atoms with E-state index in [1.54, 1.807) is 25.2 Å². The van der Waals surface area contributed by atoms with E-state index in [0.29, 0.717) is 19.0 Å². The van der Waals surface area contributed by atoms with Crippen LogP contribution in [-0.4, -0.2) is 29.9 Å². The fraction of sp³-hybridized carbons (Fsp3) is 0.235. The quantitative estimate of drug-likeness (QED) is 0.245. The summed E-state index contributed by atoms with van der Waals surface area (Å²) in [5.41, 5.74) is 1.81. The number of nitro benzene ring substituents is 1. The minimum atomic E-state index is -0.428. The SMILES string of the molecule is CN=C(NCc1ccc([N+](=O)[O-])cc1)N(C)Cc1cccc(F)c1.I. The van der Waals surface area contributed by atoms with Crippen LogP contribution in [0.5, 0.6) is 0 Å². The molecular weight excluding hydrogens is 438 g/mol. The van der Waals surface area contributed by atoms with Gasteiger partial charge in [-0.05, 0) is 23.3 Å². The second-order valence-electron chi connectivity index (χ2n) is 5.31. The topological polar surface area (TPSA) is 70.8 Å². The molecule has 2 aromatic carbocycles. The first-order valence-electron chi connectivity index (χ1n) is 7.39. The van der Waals surface area contributed by atoms with Gasteiger partial charge in [-0.1, -0.05) is 24.3 Å². The number of nitrogens with one attached hydrogen (secondary N) is 1. The summed E-state index contributed by atoms with van der Waals surface area (Å²) in [6.07, 6.45) is 0. The zero-order valence-electron chi connectivity index (χ0n) is 14.0. The van der Waals surface area contributed by atoms with Gasteiger partial charge in [-0.2, -0.15) is 0 Å². The predicted octanol–water partition coefficient (Wildman–Crippen LogP) is 3.56. The third-order valence-electron chi connectivity index (χ3n) is 3.48. The molecule has 6 nitrogen and oxygen atoms in total. The lowest BCUT2D eigenvalue weighted by Gasteiger charge is -2.22. The fourth-order valence-electron chi connectivity index (χ4n) is 2.29. The number of rotatable bonds is 5. The molecule has 0 aliphatic heterocycles. The Bertz CT molecular complexity index is 738. The number of nitrogens with zero attached hydrogens (tertiary/aromatic N) is 3. The van der Waals surface area contributed by atoms with E-state index in [0.717, 1.165) is 11.1 Å². The van der Waals surface area contributed by atoms with Crippen molar-refractivity contribution < 1.29 is 9.31 Å². The molecule has 0 unspecified atom stereocenters. The van der Waals surface area contributed by atoms with Crippen molar-refractivity contribution in [3.05, 3.63) is 75.6 Å². The number of halogens is 2. The molecule has 0 aromatic heterocycles. The Kier molecular flexibility index (Phi) is 8.26. The molecule has 0 saturated carbocycles. The Morgan fingerprint density at radius 2 is 1.92 bits per heavy atom. The van der Waals surface area contributed by atoms with Crippen LogP contribution in [0.4, 0.5) is 10.1 Å². The van der Waals surface area contributed by atoms with E-state index in [9.17, 15) is 14.5 Å². The van der Waals surface area contributed by atoms with Crippen LogP contribution in [0.1, 0.15) is 11.1 Å². The van der Waals surface area contributed by atoms with Crippen LogP contribution in [0.15, 0.2) is 53.5 Å². The van der Waals surface area contributed by atoms with Crippen molar-refractivity contribution in [1.82, 2.24) is 10.2 Å². The van der Waals surface area contributed by atoms with Crippen LogP contribution in [-0.2, 0) is 13.1 Å². The van der Waals surface area contributed by atoms with Gasteiger partial charge in [0.05, 0.1) is 4.92 Å². The summed E-state index contributed by atoms with van der Waals surface area (Å²) in [5, 5.41) is 13.8. The molecule has 25 heavy (non-hydrogen) atoms. The number of aliphatic imine (C=N–C) groups is 1. The van der Waals surface area contributed by atoms with Crippen molar-refractivity contribution >= 4 is 35.6 Å². The van der Waals surface area contributed by atoms with E-state index in [-0.39, 0.29) is 35.5 Å². The van der Waals surface area contributed by atoms with Gasteiger partial charge in [0, 0.05) is 39.3 Å². The molecule has 1 N–H and O–H groups in total. The summed E-state index contributed by atoms with van der Waals surface area (Å²) in [6.45, 7) is 0.996. The molecule has 0 aliphatic rings. The van der Waals surface area contributed by atoms with Gasteiger partial charge in [0.2, 0.25) is 0 Å². The van der Waals surface area contributed by atoms with Crippen molar-refractivity contribution in [2.75, 3.05) is 14.1 Å². The van der Waals surface area contributed by atoms with Crippen LogP contribution >= 0.6 is 24.0 Å². The monoisotopic (exact) mass is 458 g/mol. The van der Waals surface area contributed by atoms with E-state index in [1.807, 2.05) is 18.0 Å². The Hall–Kier alpha value is -2.23. The minimum absolute atomic E-state index is 0. The number of guanidine groups is 1. The van der Waals surface area contributed by atoms with E-state index < -0.39 is 4.92 Å². The third kappa shape index (κ3) is 6.29. The van der Waals surface area contributed by atoms with Crippen molar-refractivity contribution in [3.63, 3.8) is 0 Å². The summed E-state index contributed by atoms with van der Waals surface area (Å²) < 4.78 is 13.2. The molecule has 0 atom stereocenters. The Morgan fingerprint density at radius 1 is 1.24 bits per heavy atom. The molecule has 134 valence electrons. The number of benzene rings is 2. The molecule has 8 heteroatoms. The summed E-state index contributed by atoms with van der Waals surface area (Å²) in [4.78, 5) is 16.3. The predicted molar refractivity (Wildman–Crippen MR) is 107 cm³/mol. The van der Waals surface area contributed by atoms with E-state index in [4.69, 9.17) is 0 Å². The fourth-order valence-corrected chi connectivity index (χ4v) is 2.29. The van der Waals surface area contributed by atoms with Crippen LogP contribution in [0.2, 0.25) is 0 Å². The highest BCUT2D eigenvalue weighted by molar-refractivity contribution is 14.0. The van der Waals surface area contributed by atoms with Gasteiger partial charge in [0.25, 0.3) is 5.69 Å². The molecule has 0 amide bonds. The molecular formula is C17H20FIN4O2. The van der Waals surface area contributed by atoms with Gasteiger partial charge >= 0.3 is 0 Å². The van der Waals surface area contributed by atoms with Crippen LogP contribution in [0.25, 0.3) is 0 Å². The molecule has 0 bridgehead atoms. The minimum Gasteiger partial charge on any atom is -0.352 e. The molecule has 2 rings (SSSR count). The van der Waals surface area contributed by atoms with Crippen molar-refractivity contribution in [2.24, 2.45) is 4.99 Å². The van der Waals surface area contributed by atoms with Gasteiger partial charge in [0.1, 0.15) is 5.82 Å². The van der Waals surface area contributed by atoms with Crippen LogP contribution < -0.4 is 5.32 Å². The summed E-state index contributed by atoms with van der Waals surface area (Å²) in [6, 6.07) is 12.8. The normalized spacial score (nSPS) is 10.8. The first kappa shape index (κ1) is 20.8. The second-order valence-corrected chi connectivity index (χ2v) is 5.31. The zero-order valence-corrected chi connectivity index (χ0v) is 16.3. The average Bonchev–Trinajstić information content (AvgIpc) is 2.56. The van der Waals surface area contributed by atoms with E-state index in [2.05, 4.69) is 10.3 Å². The number of hydrogen-bond donors (Lipinski definition) is 1. The molecule has 0 saturated heterocycles. The Morgan fingerprint density at radius 3 is 2.48 bits per heavy atom. The molecule has 2 aromatic rings. The smallest absolute Gasteiger partial charge is 0.269 e. The lowest BCUT2D eigenvalue weighted by atomic mass is 10.2. The average molecular weight is 458 g/mol. The largest absolute Gasteiger partial charge is 0.352 e. The number of hydrogen-bond acceptors (Lipinski definition) is 3. The van der Waals surface area contributed by atoms with Gasteiger partial charge in [0.15, 0.2) is 5.96 Å². The second kappa shape index (κ2) is 9.92. The van der Waals surface area contributed by atoms with Crippen LogP contribution in [0, 0.1) is 15.9 Å². The standard InChI is InChI=1S/C17H19FN4O2.HI/c1-19-17(21(2)12-14-4-3-5-15(18)10-14)20-11-13-6-8-16(9-7-13)22(23)24;/h3-10H,11-12H2,1-2H3,(H,19,20);1H.